The molecule has 3 rings (SSSR count). The Balaban J connectivity index is 1.54. The molecule has 31 heavy (non-hydrogen) atoms. The number of likely N-dealkylation sites (N-methyl/N-ethyl adjacent to an activating group) is 1. The highest BCUT2D eigenvalue weighted by Gasteiger charge is 2.17. The number of fused-ring (bicyclic) bond motifs is 1. The van der Waals surface area contributed by atoms with Gasteiger partial charge in [-0.15, -0.1) is 0 Å². The molecular formula is C24H30N2O5. The van der Waals surface area contributed by atoms with E-state index in [0.717, 1.165) is 30.9 Å². The first-order chi connectivity index (χ1) is 15.1. The Bertz CT molecular complexity index is 874. The molecule has 0 saturated carbocycles. The predicted octanol–water partition coefficient (Wildman–Crippen LogP) is 3.84. The van der Waals surface area contributed by atoms with Crippen LogP contribution in [0.1, 0.15) is 19.4 Å². The first-order valence-electron chi connectivity index (χ1n) is 10.5. The lowest BCUT2D eigenvalue weighted by Gasteiger charge is -2.20. The van der Waals surface area contributed by atoms with Crippen LogP contribution < -0.4 is 24.3 Å². The fourth-order valence-corrected chi connectivity index (χ4v) is 3.21. The summed E-state index contributed by atoms with van der Waals surface area (Å²) in [5.74, 6) is 2.33. The second kappa shape index (κ2) is 11.3. The third-order valence-electron chi connectivity index (χ3n) is 4.97. The van der Waals surface area contributed by atoms with Crippen LogP contribution in [-0.4, -0.2) is 57.4 Å². The van der Waals surface area contributed by atoms with E-state index in [1.165, 1.54) is 6.08 Å². The third kappa shape index (κ3) is 6.39. The van der Waals surface area contributed by atoms with E-state index in [0.29, 0.717) is 42.8 Å². The van der Waals surface area contributed by atoms with Crippen molar-refractivity contribution >= 4 is 17.7 Å². The van der Waals surface area contributed by atoms with Gasteiger partial charge in [-0.2, -0.15) is 0 Å². The number of nitrogens with one attached hydrogen (secondary N) is 1. The number of carbonyl (C=O) groups excluding carboxylic acids is 1. The second-order valence-corrected chi connectivity index (χ2v) is 6.97. The minimum Gasteiger partial charge on any atom is -0.493 e. The van der Waals surface area contributed by atoms with Crippen LogP contribution in [-0.2, 0) is 4.79 Å². The number of ether oxygens (including phenoxy) is 4. The molecule has 2 aromatic rings. The van der Waals surface area contributed by atoms with Gasteiger partial charge in [-0.3, -0.25) is 4.79 Å². The van der Waals surface area contributed by atoms with Gasteiger partial charge in [-0.1, -0.05) is 13.8 Å². The summed E-state index contributed by atoms with van der Waals surface area (Å²) in [6.45, 7) is 8.80. The van der Waals surface area contributed by atoms with Crippen LogP contribution in [0.25, 0.3) is 6.08 Å². The van der Waals surface area contributed by atoms with Gasteiger partial charge in [0.05, 0.1) is 7.11 Å². The van der Waals surface area contributed by atoms with Crippen molar-refractivity contribution in [3.05, 3.63) is 48.0 Å². The lowest BCUT2D eigenvalue weighted by Crippen LogP contribution is -2.27. The first-order valence-corrected chi connectivity index (χ1v) is 10.5. The van der Waals surface area contributed by atoms with Gasteiger partial charge in [0.1, 0.15) is 25.6 Å². The minimum absolute atomic E-state index is 0.232. The number of rotatable bonds is 10. The maximum absolute atomic E-state index is 12.3. The van der Waals surface area contributed by atoms with Gasteiger partial charge >= 0.3 is 0 Å². The molecule has 1 amide bonds. The molecule has 7 nitrogen and oxygen atoms in total. The molecule has 0 saturated heterocycles. The molecule has 0 radical (unpaired) electrons. The summed E-state index contributed by atoms with van der Waals surface area (Å²) in [5.41, 5.74) is 1.48. The SMILES string of the molecule is CCN(CC)CCOc1ccc(NC(=O)/C=C/c2cc(OC)c3c(c2)OCCO3)cc1. The molecule has 0 aromatic heterocycles. The monoisotopic (exact) mass is 426 g/mol. The minimum atomic E-state index is -0.232. The predicted molar refractivity (Wildman–Crippen MR) is 121 cm³/mol. The van der Waals surface area contributed by atoms with Crippen molar-refractivity contribution in [2.75, 3.05) is 51.9 Å². The van der Waals surface area contributed by atoms with Crippen LogP contribution in [0.2, 0.25) is 0 Å². The maximum Gasteiger partial charge on any atom is 0.248 e. The van der Waals surface area contributed by atoms with Crippen LogP contribution in [0.5, 0.6) is 23.0 Å². The van der Waals surface area contributed by atoms with E-state index in [1.54, 1.807) is 13.2 Å². The normalized spacial score (nSPS) is 12.8. The quantitative estimate of drug-likeness (QED) is 0.582. The van der Waals surface area contributed by atoms with Crippen molar-refractivity contribution in [1.29, 1.82) is 0 Å². The van der Waals surface area contributed by atoms with Gasteiger partial charge in [0.2, 0.25) is 11.7 Å². The molecule has 1 aliphatic heterocycles. The third-order valence-corrected chi connectivity index (χ3v) is 4.97. The molecule has 0 bridgehead atoms. The number of benzene rings is 2. The molecule has 1 aliphatic rings. The van der Waals surface area contributed by atoms with Crippen molar-refractivity contribution in [2.24, 2.45) is 0 Å². The molecule has 2 aromatic carbocycles. The van der Waals surface area contributed by atoms with Crippen molar-refractivity contribution < 1.29 is 23.7 Å². The zero-order chi connectivity index (χ0) is 22.1. The van der Waals surface area contributed by atoms with Gasteiger partial charge < -0.3 is 29.2 Å². The highest BCUT2D eigenvalue weighted by Crippen LogP contribution is 2.40. The zero-order valence-corrected chi connectivity index (χ0v) is 18.3. The molecule has 7 heteroatoms. The number of hydrogen-bond donors (Lipinski definition) is 1. The zero-order valence-electron chi connectivity index (χ0n) is 18.3. The van der Waals surface area contributed by atoms with Crippen LogP contribution in [0.3, 0.4) is 0 Å². The van der Waals surface area contributed by atoms with E-state index >= 15 is 0 Å². The summed E-state index contributed by atoms with van der Waals surface area (Å²) in [7, 11) is 1.57. The summed E-state index contributed by atoms with van der Waals surface area (Å²) < 4.78 is 22.4. The van der Waals surface area contributed by atoms with Gasteiger partial charge in [0.25, 0.3) is 0 Å². The van der Waals surface area contributed by atoms with Crippen LogP contribution in [0.4, 0.5) is 5.69 Å². The number of carbonyl (C=O) groups is 1. The highest BCUT2D eigenvalue weighted by molar-refractivity contribution is 6.02. The summed E-state index contributed by atoms with van der Waals surface area (Å²) >= 11 is 0. The number of anilines is 1. The molecule has 1 N–H and O–H groups in total. The standard InChI is InChI=1S/C24H30N2O5/c1-4-26(5-2)12-13-29-20-9-7-19(8-10-20)25-23(27)11-6-18-16-21(28-3)24-22(17-18)30-14-15-31-24/h6-11,16-17H,4-5,12-15H2,1-3H3,(H,25,27)/b11-6+. The highest BCUT2D eigenvalue weighted by atomic mass is 16.6. The number of methoxy groups -OCH3 is 1. The topological polar surface area (TPSA) is 69.3 Å². The Hall–Kier alpha value is -3.19. The first kappa shape index (κ1) is 22.5. The fourth-order valence-electron chi connectivity index (χ4n) is 3.21. The second-order valence-electron chi connectivity index (χ2n) is 6.97. The molecule has 166 valence electrons. The van der Waals surface area contributed by atoms with Crippen LogP contribution in [0, 0.1) is 0 Å². The van der Waals surface area contributed by atoms with Gasteiger partial charge in [0.15, 0.2) is 11.5 Å². The largest absolute Gasteiger partial charge is 0.493 e. The molecule has 0 spiro atoms. The van der Waals surface area contributed by atoms with Crippen LogP contribution in [0.15, 0.2) is 42.5 Å². The Labute approximate surface area is 183 Å². The van der Waals surface area contributed by atoms with Crippen LogP contribution >= 0.6 is 0 Å². The molecular weight excluding hydrogens is 396 g/mol. The molecule has 1 heterocycles. The molecule has 0 fully saturated rings. The molecule has 0 aliphatic carbocycles. The van der Waals surface area contributed by atoms with E-state index in [9.17, 15) is 4.79 Å². The van der Waals surface area contributed by atoms with Crippen molar-refractivity contribution in [3.8, 4) is 23.0 Å². The number of hydrogen-bond acceptors (Lipinski definition) is 6. The van der Waals surface area contributed by atoms with E-state index in [2.05, 4.69) is 24.1 Å². The molecule has 0 atom stereocenters. The Morgan fingerprint density at radius 3 is 2.58 bits per heavy atom. The van der Waals surface area contributed by atoms with Crippen molar-refractivity contribution in [3.63, 3.8) is 0 Å². The Kier molecular flexibility index (Phi) is 8.18. The Morgan fingerprint density at radius 1 is 1.13 bits per heavy atom. The van der Waals surface area contributed by atoms with Crippen molar-refractivity contribution in [2.45, 2.75) is 13.8 Å². The van der Waals surface area contributed by atoms with E-state index < -0.39 is 0 Å². The summed E-state index contributed by atoms with van der Waals surface area (Å²) in [6.07, 6.45) is 3.18. The summed E-state index contributed by atoms with van der Waals surface area (Å²) in [6, 6.07) is 11.0. The number of nitrogens with zero attached hydrogens (tertiary/aromatic N) is 1. The average molecular weight is 427 g/mol. The lowest BCUT2D eigenvalue weighted by molar-refractivity contribution is -0.111. The maximum atomic E-state index is 12.3. The lowest BCUT2D eigenvalue weighted by atomic mass is 10.1. The smallest absolute Gasteiger partial charge is 0.248 e. The summed E-state index contributed by atoms with van der Waals surface area (Å²) in [4.78, 5) is 14.6. The fraction of sp³-hybridized carbons (Fsp3) is 0.375. The van der Waals surface area contributed by atoms with E-state index in [4.69, 9.17) is 18.9 Å². The summed E-state index contributed by atoms with van der Waals surface area (Å²) in [5, 5.41) is 2.85. The average Bonchev–Trinajstić information content (AvgIpc) is 2.81. The molecule has 0 unspecified atom stereocenters. The van der Waals surface area contributed by atoms with Crippen molar-refractivity contribution in [1.82, 2.24) is 4.90 Å². The van der Waals surface area contributed by atoms with E-state index in [1.807, 2.05) is 36.4 Å². The number of amides is 1. The van der Waals surface area contributed by atoms with Gasteiger partial charge in [0, 0.05) is 18.3 Å². The van der Waals surface area contributed by atoms with Gasteiger partial charge in [-0.25, -0.2) is 0 Å². The van der Waals surface area contributed by atoms with Gasteiger partial charge in [-0.05, 0) is 61.1 Å². The van der Waals surface area contributed by atoms with E-state index in [-0.39, 0.29) is 5.91 Å². The Morgan fingerprint density at radius 2 is 1.87 bits per heavy atom.